The quantitative estimate of drug-likeness (QED) is 0.399. The molecule has 0 aromatic heterocycles. The molecule has 0 radical (unpaired) electrons. The number of allylic oxidation sites excluding steroid dienone is 1. The number of hydrogen-bond acceptors (Lipinski definition) is 4. The maximum absolute atomic E-state index is 10.7. The standard InChI is InChI=1S/C8H12N2O3/c1-2-13-8(10(11)12)5-3-7(9)4-6-8/h3-5H,2,6,9H2,1H3. The number of hydrogen-bond donors (Lipinski definition) is 1. The van der Waals surface area contributed by atoms with E-state index in [4.69, 9.17) is 10.5 Å². The van der Waals surface area contributed by atoms with E-state index in [9.17, 15) is 10.1 Å². The molecule has 0 heterocycles. The molecule has 13 heavy (non-hydrogen) atoms. The first kappa shape index (κ1) is 9.73. The minimum Gasteiger partial charge on any atom is -0.399 e. The second-order valence-electron chi connectivity index (χ2n) is 2.78. The third-order valence-corrected chi connectivity index (χ3v) is 1.87. The highest BCUT2D eigenvalue weighted by molar-refractivity contribution is 5.23. The van der Waals surface area contributed by atoms with Gasteiger partial charge < -0.3 is 10.5 Å². The summed E-state index contributed by atoms with van der Waals surface area (Å²) in [4.78, 5) is 10.3. The van der Waals surface area contributed by atoms with Crippen LogP contribution < -0.4 is 5.73 Å². The average molecular weight is 184 g/mol. The fraction of sp³-hybridized carbons (Fsp3) is 0.500. The smallest absolute Gasteiger partial charge is 0.348 e. The highest BCUT2D eigenvalue weighted by atomic mass is 16.7. The fourth-order valence-corrected chi connectivity index (χ4v) is 1.17. The van der Waals surface area contributed by atoms with E-state index in [-0.39, 0.29) is 6.42 Å². The summed E-state index contributed by atoms with van der Waals surface area (Å²) in [7, 11) is 0. The Morgan fingerprint density at radius 3 is 2.92 bits per heavy atom. The van der Waals surface area contributed by atoms with Crippen LogP contribution in [0.4, 0.5) is 0 Å². The van der Waals surface area contributed by atoms with E-state index in [0.29, 0.717) is 12.3 Å². The fourth-order valence-electron chi connectivity index (χ4n) is 1.17. The van der Waals surface area contributed by atoms with Gasteiger partial charge in [0.1, 0.15) is 0 Å². The van der Waals surface area contributed by atoms with Gasteiger partial charge in [-0.3, -0.25) is 10.1 Å². The Bertz CT molecular complexity index is 273. The van der Waals surface area contributed by atoms with E-state index in [1.165, 1.54) is 12.2 Å². The molecule has 1 unspecified atom stereocenters. The Kier molecular flexibility index (Phi) is 2.67. The van der Waals surface area contributed by atoms with Crippen molar-refractivity contribution in [2.75, 3.05) is 6.61 Å². The Morgan fingerprint density at radius 1 is 1.85 bits per heavy atom. The number of rotatable bonds is 3. The van der Waals surface area contributed by atoms with Gasteiger partial charge in [-0.25, -0.2) is 0 Å². The molecule has 0 saturated carbocycles. The van der Waals surface area contributed by atoms with E-state index < -0.39 is 10.6 Å². The SMILES string of the molecule is CCOC1([N+](=O)[O-])C=CC(N)=CC1. The second-order valence-corrected chi connectivity index (χ2v) is 2.78. The number of ether oxygens (including phenoxy) is 1. The van der Waals surface area contributed by atoms with Crippen LogP contribution in [0, 0.1) is 10.1 Å². The molecular formula is C8H12N2O3. The maximum Gasteiger partial charge on any atom is 0.348 e. The predicted molar refractivity (Wildman–Crippen MR) is 47.4 cm³/mol. The third kappa shape index (κ3) is 1.86. The highest BCUT2D eigenvalue weighted by Crippen LogP contribution is 2.24. The molecule has 1 rings (SSSR count). The molecule has 2 N–H and O–H groups in total. The molecule has 0 aromatic carbocycles. The van der Waals surface area contributed by atoms with Crippen molar-refractivity contribution in [1.82, 2.24) is 0 Å². The van der Waals surface area contributed by atoms with Gasteiger partial charge in [0.05, 0.1) is 18.0 Å². The minimum absolute atomic E-state index is 0.191. The van der Waals surface area contributed by atoms with Crippen molar-refractivity contribution in [3.05, 3.63) is 34.0 Å². The number of nitrogens with two attached hydrogens (primary N) is 1. The van der Waals surface area contributed by atoms with Gasteiger partial charge in [0.2, 0.25) is 0 Å². The molecule has 0 spiro atoms. The third-order valence-electron chi connectivity index (χ3n) is 1.87. The summed E-state index contributed by atoms with van der Waals surface area (Å²) in [6.45, 7) is 2.03. The molecule has 0 bridgehead atoms. The van der Waals surface area contributed by atoms with Crippen molar-refractivity contribution < 1.29 is 9.66 Å². The Morgan fingerprint density at radius 2 is 2.54 bits per heavy atom. The molecule has 0 aromatic rings. The Hall–Kier alpha value is -1.36. The molecular weight excluding hydrogens is 172 g/mol. The summed E-state index contributed by atoms with van der Waals surface area (Å²) in [6.07, 6.45) is 4.68. The molecule has 1 atom stereocenters. The van der Waals surface area contributed by atoms with Crippen molar-refractivity contribution in [1.29, 1.82) is 0 Å². The first-order chi connectivity index (χ1) is 6.10. The van der Waals surface area contributed by atoms with Gasteiger partial charge in [0.25, 0.3) is 0 Å². The minimum atomic E-state index is -1.41. The van der Waals surface area contributed by atoms with Gasteiger partial charge in [-0.05, 0) is 13.0 Å². The lowest BCUT2D eigenvalue weighted by atomic mass is 10.0. The van der Waals surface area contributed by atoms with Crippen molar-refractivity contribution in [3.63, 3.8) is 0 Å². The number of nitrogens with zero attached hydrogens (tertiary/aromatic N) is 1. The second kappa shape index (κ2) is 3.57. The van der Waals surface area contributed by atoms with Crippen LogP contribution in [0.1, 0.15) is 13.3 Å². The zero-order valence-electron chi connectivity index (χ0n) is 7.40. The normalized spacial score (nSPS) is 27.0. The average Bonchev–Trinajstić information content (AvgIpc) is 2.09. The molecule has 72 valence electrons. The molecule has 0 amide bonds. The van der Waals surface area contributed by atoms with Crippen LogP contribution in [0.5, 0.6) is 0 Å². The summed E-state index contributed by atoms with van der Waals surface area (Å²) in [5.41, 5.74) is 4.58. The predicted octanol–water partition coefficient (Wildman–Crippen LogP) is 0.798. The van der Waals surface area contributed by atoms with Crippen LogP contribution in [-0.4, -0.2) is 17.3 Å². The van der Waals surface area contributed by atoms with E-state index in [1.807, 2.05) is 0 Å². The van der Waals surface area contributed by atoms with E-state index >= 15 is 0 Å². The Balaban J connectivity index is 2.84. The summed E-state index contributed by atoms with van der Waals surface area (Å²) in [6, 6.07) is 0. The molecule has 5 nitrogen and oxygen atoms in total. The van der Waals surface area contributed by atoms with Crippen LogP contribution in [0.15, 0.2) is 23.9 Å². The van der Waals surface area contributed by atoms with Crippen molar-refractivity contribution in [2.24, 2.45) is 5.73 Å². The molecule has 5 heteroatoms. The van der Waals surface area contributed by atoms with E-state index in [1.54, 1.807) is 13.0 Å². The number of nitro groups is 1. The van der Waals surface area contributed by atoms with Crippen molar-refractivity contribution in [3.8, 4) is 0 Å². The highest BCUT2D eigenvalue weighted by Gasteiger charge is 2.41. The Labute approximate surface area is 76.0 Å². The van der Waals surface area contributed by atoms with Crippen LogP contribution >= 0.6 is 0 Å². The van der Waals surface area contributed by atoms with Crippen LogP contribution in [0.25, 0.3) is 0 Å². The molecule has 0 aliphatic heterocycles. The summed E-state index contributed by atoms with van der Waals surface area (Å²) in [5, 5.41) is 10.7. The first-order valence-corrected chi connectivity index (χ1v) is 4.04. The summed E-state index contributed by atoms with van der Waals surface area (Å²) >= 11 is 0. The van der Waals surface area contributed by atoms with E-state index in [2.05, 4.69) is 0 Å². The van der Waals surface area contributed by atoms with Gasteiger partial charge in [-0.15, -0.1) is 0 Å². The lowest BCUT2D eigenvalue weighted by Gasteiger charge is -2.22. The lowest BCUT2D eigenvalue weighted by molar-refractivity contribution is -0.612. The molecule has 0 fully saturated rings. The first-order valence-electron chi connectivity index (χ1n) is 4.04. The maximum atomic E-state index is 10.7. The van der Waals surface area contributed by atoms with Crippen LogP contribution in [0.2, 0.25) is 0 Å². The van der Waals surface area contributed by atoms with E-state index in [0.717, 1.165) is 0 Å². The summed E-state index contributed by atoms with van der Waals surface area (Å²) < 4.78 is 5.09. The largest absolute Gasteiger partial charge is 0.399 e. The van der Waals surface area contributed by atoms with Gasteiger partial charge in [-0.1, -0.05) is 6.08 Å². The summed E-state index contributed by atoms with van der Waals surface area (Å²) in [5.74, 6) is 0. The van der Waals surface area contributed by atoms with Crippen molar-refractivity contribution in [2.45, 2.75) is 19.1 Å². The van der Waals surface area contributed by atoms with Crippen molar-refractivity contribution >= 4 is 0 Å². The lowest BCUT2D eigenvalue weighted by Crippen LogP contribution is -2.40. The molecule has 1 aliphatic carbocycles. The molecule has 0 saturated heterocycles. The zero-order valence-corrected chi connectivity index (χ0v) is 7.40. The van der Waals surface area contributed by atoms with Gasteiger partial charge >= 0.3 is 5.72 Å². The van der Waals surface area contributed by atoms with Crippen LogP contribution in [-0.2, 0) is 4.74 Å². The van der Waals surface area contributed by atoms with Gasteiger partial charge in [0.15, 0.2) is 0 Å². The van der Waals surface area contributed by atoms with Crippen LogP contribution in [0.3, 0.4) is 0 Å². The molecule has 1 aliphatic rings. The zero-order chi connectivity index (χ0) is 9.90. The topological polar surface area (TPSA) is 78.4 Å². The van der Waals surface area contributed by atoms with Gasteiger partial charge in [0, 0.05) is 11.8 Å². The van der Waals surface area contributed by atoms with Gasteiger partial charge in [-0.2, -0.15) is 0 Å². The monoisotopic (exact) mass is 184 g/mol.